The molecule has 0 unspecified atom stereocenters. The van der Waals surface area contributed by atoms with Gasteiger partial charge in [-0.15, -0.1) is 11.3 Å². The molecular weight excluding hydrogens is 286 g/mol. The first kappa shape index (κ1) is 10.8. The van der Waals surface area contributed by atoms with Crippen molar-refractivity contribution >= 4 is 33.2 Å². The molecule has 1 amide bonds. The molecular formula is C12H14BrNOS. The van der Waals surface area contributed by atoms with Gasteiger partial charge >= 0.3 is 0 Å². The Bertz CT molecular complexity index is 420. The van der Waals surface area contributed by atoms with Gasteiger partial charge in [-0.05, 0) is 65.1 Å². The fourth-order valence-corrected chi connectivity index (χ4v) is 3.67. The van der Waals surface area contributed by atoms with Gasteiger partial charge in [-0.1, -0.05) is 0 Å². The van der Waals surface area contributed by atoms with Crippen LogP contribution in [0.3, 0.4) is 0 Å². The van der Waals surface area contributed by atoms with Crippen molar-refractivity contribution in [2.45, 2.75) is 25.7 Å². The molecule has 0 saturated heterocycles. The van der Waals surface area contributed by atoms with E-state index in [1.54, 1.807) is 0 Å². The van der Waals surface area contributed by atoms with Gasteiger partial charge in [0.05, 0.1) is 8.66 Å². The molecule has 16 heavy (non-hydrogen) atoms. The van der Waals surface area contributed by atoms with Gasteiger partial charge in [0.2, 0.25) is 0 Å². The number of rotatable bonds is 4. The van der Waals surface area contributed by atoms with E-state index in [1.807, 2.05) is 12.1 Å². The Morgan fingerprint density at radius 2 is 2.25 bits per heavy atom. The fourth-order valence-electron chi connectivity index (χ4n) is 2.37. The minimum atomic E-state index is 0.0858. The molecule has 0 bridgehead atoms. The summed E-state index contributed by atoms with van der Waals surface area (Å²) >= 11 is 4.87. The average molecular weight is 300 g/mol. The number of thiophene rings is 1. The van der Waals surface area contributed by atoms with E-state index in [0.717, 1.165) is 21.1 Å². The monoisotopic (exact) mass is 299 g/mol. The molecule has 1 N–H and O–H groups in total. The van der Waals surface area contributed by atoms with E-state index < -0.39 is 0 Å². The molecule has 0 radical (unpaired) electrons. The summed E-state index contributed by atoms with van der Waals surface area (Å²) in [6.45, 7) is 0.881. The number of hydrogen-bond acceptors (Lipinski definition) is 2. The number of carbonyl (C=O) groups excluding carboxylic acids is 1. The number of halogens is 1. The third kappa shape index (κ3) is 2.05. The largest absolute Gasteiger partial charge is 0.351 e. The molecule has 2 saturated carbocycles. The van der Waals surface area contributed by atoms with Gasteiger partial charge in [-0.3, -0.25) is 4.79 Å². The van der Waals surface area contributed by atoms with E-state index in [0.29, 0.717) is 5.41 Å². The van der Waals surface area contributed by atoms with Crippen molar-refractivity contribution in [1.29, 1.82) is 0 Å². The minimum absolute atomic E-state index is 0.0858. The number of hydrogen-bond donors (Lipinski definition) is 1. The molecule has 1 aromatic heterocycles. The maximum absolute atomic E-state index is 11.9. The molecule has 86 valence electrons. The SMILES string of the molecule is O=C(NCC1(C2CC2)CC1)c1ccc(Br)s1. The lowest BCUT2D eigenvalue weighted by Gasteiger charge is -2.14. The van der Waals surface area contributed by atoms with E-state index in [2.05, 4.69) is 21.2 Å². The molecule has 0 aromatic carbocycles. The third-order valence-electron chi connectivity index (χ3n) is 3.73. The van der Waals surface area contributed by atoms with Crippen LogP contribution in [-0.4, -0.2) is 12.5 Å². The van der Waals surface area contributed by atoms with Gasteiger partial charge in [0.25, 0.3) is 5.91 Å². The Balaban J connectivity index is 1.57. The zero-order chi connectivity index (χ0) is 11.2. The van der Waals surface area contributed by atoms with Gasteiger partial charge in [-0.2, -0.15) is 0 Å². The van der Waals surface area contributed by atoms with Crippen LogP contribution in [0.4, 0.5) is 0 Å². The van der Waals surface area contributed by atoms with Crippen molar-refractivity contribution in [1.82, 2.24) is 5.32 Å². The summed E-state index contributed by atoms with van der Waals surface area (Å²) in [4.78, 5) is 12.7. The Hall–Kier alpha value is -0.350. The molecule has 4 heteroatoms. The van der Waals surface area contributed by atoms with E-state index in [9.17, 15) is 4.79 Å². The zero-order valence-corrected chi connectivity index (χ0v) is 11.4. The first-order valence-electron chi connectivity index (χ1n) is 5.73. The van der Waals surface area contributed by atoms with Crippen LogP contribution in [-0.2, 0) is 0 Å². The average Bonchev–Trinajstić information content (AvgIpc) is 3.14. The fraction of sp³-hybridized carbons (Fsp3) is 0.583. The van der Waals surface area contributed by atoms with Crippen LogP contribution in [0.25, 0.3) is 0 Å². The summed E-state index contributed by atoms with van der Waals surface area (Å²) < 4.78 is 1.01. The van der Waals surface area contributed by atoms with Crippen LogP contribution in [0.5, 0.6) is 0 Å². The highest BCUT2D eigenvalue weighted by Crippen LogP contribution is 2.60. The molecule has 2 fully saturated rings. The maximum atomic E-state index is 11.9. The molecule has 2 aliphatic carbocycles. The minimum Gasteiger partial charge on any atom is -0.351 e. The first-order valence-corrected chi connectivity index (χ1v) is 7.34. The van der Waals surface area contributed by atoms with Gasteiger partial charge in [0.1, 0.15) is 0 Å². The number of amides is 1. The predicted molar refractivity (Wildman–Crippen MR) is 68.7 cm³/mol. The molecule has 3 rings (SSSR count). The smallest absolute Gasteiger partial charge is 0.261 e. The Morgan fingerprint density at radius 3 is 2.75 bits per heavy atom. The van der Waals surface area contributed by atoms with Crippen molar-refractivity contribution in [3.05, 3.63) is 20.8 Å². The van der Waals surface area contributed by atoms with Crippen molar-refractivity contribution in [3.63, 3.8) is 0 Å². The second-order valence-electron chi connectivity index (χ2n) is 4.92. The summed E-state index contributed by atoms with van der Waals surface area (Å²) in [7, 11) is 0. The van der Waals surface area contributed by atoms with Crippen molar-refractivity contribution in [2.24, 2.45) is 11.3 Å². The van der Waals surface area contributed by atoms with Crippen LogP contribution in [0, 0.1) is 11.3 Å². The molecule has 0 atom stereocenters. The van der Waals surface area contributed by atoms with E-state index in [4.69, 9.17) is 0 Å². The summed E-state index contributed by atoms with van der Waals surface area (Å²) in [5, 5.41) is 3.09. The maximum Gasteiger partial charge on any atom is 0.261 e. The van der Waals surface area contributed by atoms with Crippen molar-refractivity contribution in [3.8, 4) is 0 Å². The highest BCUT2D eigenvalue weighted by molar-refractivity contribution is 9.11. The molecule has 2 aliphatic rings. The quantitative estimate of drug-likeness (QED) is 0.907. The highest BCUT2D eigenvalue weighted by Gasteiger charge is 2.53. The van der Waals surface area contributed by atoms with Gasteiger partial charge < -0.3 is 5.32 Å². The van der Waals surface area contributed by atoms with Gasteiger partial charge in [0.15, 0.2) is 0 Å². The first-order chi connectivity index (χ1) is 7.70. The third-order valence-corrected chi connectivity index (χ3v) is 5.36. The predicted octanol–water partition coefficient (Wildman–Crippen LogP) is 3.43. The van der Waals surface area contributed by atoms with Crippen LogP contribution in [0.2, 0.25) is 0 Å². The topological polar surface area (TPSA) is 29.1 Å². The number of nitrogens with one attached hydrogen (secondary N) is 1. The lowest BCUT2D eigenvalue weighted by Crippen LogP contribution is -2.30. The van der Waals surface area contributed by atoms with Gasteiger partial charge in [0, 0.05) is 6.54 Å². The molecule has 0 spiro atoms. The van der Waals surface area contributed by atoms with Crippen LogP contribution >= 0.6 is 27.3 Å². The van der Waals surface area contributed by atoms with Crippen molar-refractivity contribution < 1.29 is 4.79 Å². The second-order valence-corrected chi connectivity index (χ2v) is 7.39. The Kier molecular flexibility index (Phi) is 2.59. The van der Waals surface area contributed by atoms with E-state index in [1.165, 1.54) is 37.0 Å². The molecule has 1 heterocycles. The second kappa shape index (κ2) is 3.84. The molecule has 1 aromatic rings. The Labute approximate surface area is 108 Å². The van der Waals surface area contributed by atoms with Gasteiger partial charge in [-0.25, -0.2) is 0 Å². The van der Waals surface area contributed by atoms with E-state index in [-0.39, 0.29) is 5.91 Å². The summed E-state index contributed by atoms with van der Waals surface area (Å²) in [5.74, 6) is 0.991. The zero-order valence-electron chi connectivity index (χ0n) is 8.96. The van der Waals surface area contributed by atoms with Crippen LogP contribution in [0.15, 0.2) is 15.9 Å². The lowest BCUT2D eigenvalue weighted by molar-refractivity contribution is 0.0946. The van der Waals surface area contributed by atoms with E-state index >= 15 is 0 Å². The summed E-state index contributed by atoms with van der Waals surface area (Å²) in [6.07, 6.45) is 5.37. The Morgan fingerprint density at radius 1 is 1.50 bits per heavy atom. The molecule has 0 aliphatic heterocycles. The summed E-state index contributed by atoms with van der Waals surface area (Å²) in [5.41, 5.74) is 0.490. The molecule has 2 nitrogen and oxygen atoms in total. The summed E-state index contributed by atoms with van der Waals surface area (Å²) in [6, 6.07) is 3.80. The normalized spacial score (nSPS) is 21.8. The lowest BCUT2D eigenvalue weighted by atomic mass is 10.0. The van der Waals surface area contributed by atoms with Crippen LogP contribution in [0.1, 0.15) is 35.4 Å². The highest BCUT2D eigenvalue weighted by atomic mass is 79.9. The van der Waals surface area contributed by atoms with Crippen LogP contribution < -0.4 is 5.32 Å². The number of carbonyl (C=O) groups is 1. The standard InChI is InChI=1S/C12H14BrNOS/c13-10-4-3-9(16-10)11(15)14-7-12(5-6-12)8-1-2-8/h3-4,8H,1-2,5-7H2,(H,14,15). The van der Waals surface area contributed by atoms with Crippen molar-refractivity contribution in [2.75, 3.05) is 6.54 Å².